The molecular weight excluding hydrogens is 413 g/mol. The molecule has 0 atom stereocenters. The van der Waals surface area contributed by atoms with Gasteiger partial charge in [0.1, 0.15) is 17.1 Å². The van der Waals surface area contributed by atoms with Gasteiger partial charge in [0.25, 0.3) is 5.91 Å². The third kappa shape index (κ3) is 4.88. The van der Waals surface area contributed by atoms with Gasteiger partial charge in [0, 0.05) is 11.8 Å². The molecule has 31 heavy (non-hydrogen) atoms. The van der Waals surface area contributed by atoms with Crippen LogP contribution in [0.2, 0.25) is 0 Å². The standard InChI is InChI=1S/C24H22FN3O2S/c1-2-3-15-30-19-12-10-17(11-13-19)23(29)28(16-18-7-4-5-14-26-18)24-27-22-20(25)8-6-9-21(22)31-24/h4-14H,2-3,15-16H2,1H3. The molecule has 0 aliphatic rings. The van der Waals surface area contributed by atoms with Crippen molar-refractivity contribution in [2.45, 2.75) is 26.3 Å². The van der Waals surface area contributed by atoms with Crippen LogP contribution in [0.4, 0.5) is 9.52 Å². The lowest BCUT2D eigenvalue weighted by Gasteiger charge is -2.19. The number of rotatable bonds is 8. The average molecular weight is 436 g/mol. The van der Waals surface area contributed by atoms with Crippen LogP contribution in [-0.4, -0.2) is 22.5 Å². The summed E-state index contributed by atoms with van der Waals surface area (Å²) < 4.78 is 20.6. The Balaban J connectivity index is 1.64. The first kappa shape index (κ1) is 20.9. The predicted molar refractivity (Wildman–Crippen MR) is 121 cm³/mol. The number of aromatic nitrogens is 2. The number of unbranched alkanes of at least 4 members (excludes halogenated alkanes) is 1. The molecule has 158 valence electrons. The van der Waals surface area contributed by atoms with Crippen molar-refractivity contribution in [2.75, 3.05) is 11.5 Å². The summed E-state index contributed by atoms with van der Waals surface area (Å²) in [6.07, 6.45) is 3.72. The van der Waals surface area contributed by atoms with Crippen molar-refractivity contribution in [2.24, 2.45) is 0 Å². The lowest BCUT2D eigenvalue weighted by Crippen LogP contribution is -2.30. The van der Waals surface area contributed by atoms with Crippen LogP contribution in [0.1, 0.15) is 35.8 Å². The van der Waals surface area contributed by atoms with Crippen molar-refractivity contribution in [1.29, 1.82) is 0 Å². The minimum atomic E-state index is -0.404. The Hall–Kier alpha value is -3.32. The highest BCUT2D eigenvalue weighted by Gasteiger charge is 2.23. The number of anilines is 1. The largest absolute Gasteiger partial charge is 0.494 e. The highest BCUT2D eigenvalue weighted by molar-refractivity contribution is 7.22. The average Bonchev–Trinajstić information content (AvgIpc) is 3.24. The summed E-state index contributed by atoms with van der Waals surface area (Å²) in [7, 11) is 0. The fourth-order valence-corrected chi connectivity index (χ4v) is 4.06. The number of fused-ring (bicyclic) bond motifs is 1. The van der Waals surface area contributed by atoms with E-state index in [9.17, 15) is 9.18 Å². The maximum absolute atomic E-state index is 14.2. The molecule has 2 heterocycles. The molecule has 0 radical (unpaired) electrons. The highest BCUT2D eigenvalue weighted by Crippen LogP contribution is 2.32. The molecule has 0 bridgehead atoms. The van der Waals surface area contributed by atoms with Crippen LogP contribution in [0.15, 0.2) is 66.9 Å². The van der Waals surface area contributed by atoms with E-state index in [-0.39, 0.29) is 18.0 Å². The van der Waals surface area contributed by atoms with E-state index in [0.717, 1.165) is 24.3 Å². The number of para-hydroxylation sites is 1. The molecule has 4 aromatic rings. The van der Waals surface area contributed by atoms with E-state index in [0.29, 0.717) is 22.0 Å². The number of carbonyl (C=O) groups excluding carboxylic acids is 1. The Morgan fingerprint density at radius 2 is 1.94 bits per heavy atom. The molecule has 0 unspecified atom stereocenters. The van der Waals surface area contributed by atoms with Crippen molar-refractivity contribution in [3.05, 3.63) is 83.9 Å². The summed E-state index contributed by atoms with van der Waals surface area (Å²) in [5, 5.41) is 0.430. The third-order valence-corrected chi connectivity index (χ3v) is 5.79. The maximum Gasteiger partial charge on any atom is 0.260 e. The van der Waals surface area contributed by atoms with Gasteiger partial charge in [-0.1, -0.05) is 36.8 Å². The molecular formula is C24H22FN3O2S. The fourth-order valence-electron chi connectivity index (χ4n) is 3.08. The van der Waals surface area contributed by atoms with Gasteiger partial charge in [-0.05, 0) is 55.0 Å². The summed E-state index contributed by atoms with van der Waals surface area (Å²) in [5.41, 5.74) is 1.48. The smallest absolute Gasteiger partial charge is 0.260 e. The third-order valence-electron chi connectivity index (χ3n) is 4.75. The Bertz CT molecular complexity index is 1160. The number of ether oxygens (including phenoxy) is 1. The molecule has 0 N–H and O–H groups in total. The molecule has 0 aliphatic heterocycles. The van der Waals surface area contributed by atoms with Gasteiger partial charge in [-0.15, -0.1) is 0 Å². The summed E-state index contributed by atoms with van der Waals surface area (Å²) in [4.78, 5) is 23.7. The first-order chi connectivity index (χ1) is 15.2. The monoisotopic (exact) mass is 435 g/mol. The maximum atomic E-state index is 14.2. The van der Waals surface area contributed by atoms with E-state index >= 15 is 0 Å². The molecule has 4 rings (SSSR count). The van der Waals surface area contributed by atoms with Crippen LogP contribution in [0.3, 0.4) is 0 Å². The van der Waals surface area contributed by atoms with Crippen LogP contribution in [-0.2, 0) is 6.54 Å². The number of amides is 1. The Labute approximate surface area is 184 Å². The minimum absolute atomic E-state index is 0.231. The topological polar surface area (TPSA) is 55.3 Å². The zero-order chi connectivity index (χ0) is 21.6. The summed E-state index contributed by atoms with van der Waals surface area (Å²) in [5.74, 6) is 0.0902. The first-order valence-electron chi connectivity index (χ1n) is 10.2. The van der Waals surface area contributed by atoms with Gasteiger partial charge in [0.05, 0.1) is 23.5 Å². The predicted octanol–water partition coefficient (Wildman–Crippen LogP) is 5.86. The molecule has 0 spiro atoms. The number of carbonyl (C=O) groups is 1. The lowest BCUT2D eigenvalue weighted by molar-refractivity contribution is 0.0984. The number of benzene rings is 2. The second kappa shape index (κ2) is 9.66. The molecule has 1 amide bonds. The molecule has 0 saturated heterocycles. The quantitative estimate of drug-likeness (QED) is 0.326. The van der Waals surface area contributed by atoms with Gasteiger partial charge >= 0.3 is 0 Å². The molecule has 7 heteroatoms. The number of halogens is 1. The van der Waals surface area contributed by atoms with E-state index < -0.39 is 5.82 Å². The fraction of sp³-hybridized carbons (Fsp3) is 0.208. The molecule has 5 nitrogen and oxygen atoms in total. The highest BCUT2D eigenvalue weighted by atomic mass is 32.1. The van der Waals surface area contributed by atoms with Gasteiger partial charge in [0.15, 0.2) is 5.13 Å². The molecule has 2 aromatic carbocycles. The molecule has 2 aromatic heterocycles. The summed E-state index contributed by atoms with van der Waals surface area (Å²) in [6.45, 7) is 2.98. The van der Waals surface area contributed by atoms with E-state index in [1.807, 2.05) is 18.2 Å². The zero-order valence-corrected chi connectivity index (χ0v) is 17.9. The Kier molecular flexibility index (Phi) is 6.52. The van der Waals surface area contributed by atoms with E-state index in [2.05, 4.69) is 16.9 Å². The van der Waals surface area contributed by atoms with Crippen LogP contribution in [0.5, 0.6) is 5.75 Å². The lowest BCUT2D eigenvalue weighted by atomic mass is 10.2. The number of nitrogens with zero attached hydrogens (tertiary/aromatic N) is 3. The summed E-state index contributed by atoms with van der Waals surface area (Å²) >= 11 is 1.28. The second-order valence-electron chi connectivity index (χ2n) is 7.02. The van der Waals surface area contributed by atoms with Crippen molar-refractivity contribution in [3.8, 4) is 5.75 Å². The SMILES string of the molecule is CCCCOc1ccc(C(=O)N(Cc2ccccn2)c2nc3c(F)cccc3s2)cc1. The van der Waals surface area contributed by atoms with Crippen molar-refractivity contribution < 1.29 is 13.9 Å². The minimum Gasteiger partial charge on any atom is -0.494 e. The van der Waals surface area contributed by atoms with Crippen LogP contribution in [0, 0.1) is 5.82 Å². The van der Waals surface area contributed by atoms with E-state index in [1.54, 1.807) is 47.5 Å². The van der Waals surface area contributed by atoms with E-state index in [1.165, 1.54) is 17.4 Å². The van der Waals surface area contributed by atoms with Crippen molar-refractivity contribution in [1.82, 2.24) is 9.97 Å². The number of hydrogen-bond acceptors (Lipinski definition) is 5. The zero-order valence-electron chi connectivity index (χ0n) is 17.1. The second-order valence-corrected chi connectivity index (χ2v) is 8.03. The van der Waals surface area contributed by atoms with Gasteiger partial charge in [-0.2, -0.15) is 0 Å². The normalized spacial score (nSPS) is 10.9. The first-order valence-corrected chi connectivity index (χ1v) is 11.0. The van der Waals surface area contributed by atoms with E-state index in [4.69, 9.17) is 4.74 Å². The van der Waals surface area contributed by atoms with Gasteiger partial charge in [0.2, 0.25) is 0 Å². The molecule has 0 saturated carbocycles. The van der Waals surface area contributed by atoms with Gasteiger partial charge < -0.3 is 4.74 Å². The van der Waals surface area contributed by atoms with Gasteiger partial charge in [-0.25, -0.2) is 9.37 Å². The van der Waals surface area contributed by atoms with Crippen LogP contribution < -0.4 is 9.64 Å². The molecule has 0 aliphatic carbocycles. The van der Waals surface area contributed by atoms with Crippen LogP contribution >= 0.6 is 11.3 Å². The molecule has 0 fully saturated rings. The Morgan fingerprint density at radius 1 is 1.10 bits per heavy atom. The van der Waals surface area contributed by atoms with Crippen molar-refractivity contribution >= 4 is 32.6 Å². The number of hydrogen-bond donors (Lipinski definition) is 0. The summed E-state index contributed by atoms with van der Waals surface area (Å²) in [6, 6.07) is 17.4. The van der Waals surface area contributed by atoms with Crippen molar-refractivity contribution in [3.63, 3.8) is 0 Å². The Morgan fingerprint density at radius 3 is 2.65 bits per heavy atom. The van der Waals surface area contributed by atoms with Gasteiger partial charge in [-0.3, -0.25) is 14.7 Å². The number of pyridine rings is 1. The van der Waals surface area contributed by atoms with Crippen LogP contribution in [0.25, 0.3) is 10.2 Å². The number of thiazole rings is 1.